The van der Waals surface area contributed by atoms with Crippen LogP contribution in [0.5, 0.6) is 0 Å². The minimum atomic E-state index is -0.643. The molecule has 6 heteroatoms. The summed E-state index contributed by atoms with van der Waals surface area (Å²) in [5, 5.41) is 4.29. The number of hydrogen-bond donors (Lipinski definition) is 1. The first kappa shape index (κ1) is 15.8. The van der Waals surface area contributed by atoms with Gasteiger partial charge < -0.3 is 9.47 Å². The van der Waals surface area contributed by atoms with Crippen molar-refractivity contribution in [2.75, 3.05) is 12.4 Å². The van der Waals surface area contributed by atoms with E-state index < -0.39 is 12.1 Å². The third kappa shape index (κ3) is 3.73. The van der Waals surface area contributed by atoms with Crippen LogP contribution in [0, 0.1) is 0 Å². The number of esters is 1. The fourth-order valence-corrected chi connectivity index (χ4v) is 2.68. The van der Waals surface area contributed by atoms with Gasteiger partial charge in [0.05, 0.1) is 12.8 Å². The molecular weight excluding hydrogens is 302 g/mol. The number of carbonyl (C=O) groups excluding carboxylic acids is 2. The van der Waals surface area contributed by atoms with Crippen molar-refractivity contribution in [3.63, 3.8) is 0 Å². The number of nitrogens with one attached hydrogen (secondary N) is 1. The summed E-state index contributed by atoms with van der Waals surface area (Å²) in [5.74, 6) is -0.517. The zero-order valence-corrected chi connectivity index (χ0v) is 12.8. The Balaban J connectivity index is 2.06. The minimum Gasteiger partial charge on any atom is -0.465 e. The van der Waals surface area contributed by atoms with E-state index in [1.165, 1.54) is 18.4 Å². The van der Waals surface area contributed by atoms with E-state index in [4.69, 9.17) is 9.47 Å². The Bertz CT molecular complexity index is 679. The van der Waals surface area contributed by atoms with E-state index in [-0.39, 0.29) is 6.61 Å². The molecule has 5 nitrogen and oxygen atoms in total. The lowest BCUT2D eigenvalue weighted by Gasteiger charge is -2.08. The fraction of sp³-hybridized carbons (Fsp3) is 0.125. The van der Waals surface area contributed by atoms with Crippen LogP contribution in [-0.2, 0) is 16.1 Å². The van der Waals surface area contributed by atoms with Gasteiger partial charge in [-0.05, 0) is 5.56 Å². The second-order valence-corrected chi connectivity index (χ2v) is 5.16. The average Bonchev–Trinajstić information content (AvgIpc) is 2.95. The van der Waals surface area contributed by atoms with Crippen LogP contribution in [0.2, 0.25) is 0 Å². The van der Waals surface area contributed by atoms with Crippen LogP contribution in [0.3, 0.4) is 0 Å². The van der Waals surface area contributed by atoms with Gasteiger partial charge in [-0.1, -0.05) is 43.0 Å². The third-order valence-corrected chi connectivity index (χ3v) is 3.83. The summed E-state index contributed by atoms with van der Waals surface area (Å²) in [6.45, 7) is 3.80. The van der Waals surface area contributed by atoms with Crippen LogP contribution in [0.15, 0.2) is 42.3 Å². The summed E-state index contributed by atoms with van der Waals surface area (Å²) in [5.41, 5.74) is 1.87. The Labute approximate surface area is 132 Å². The van der Waals surface area contributed by atoms with Crippen molar-refractivity contribution in [1.29, 1.82) is 0 Å². The molecule has 2 rings (SSSR count). The molecule has 0 aliphatic carbocycles. The first-order valence-corrected chi connectivity index (χ1v) is 7.33. The number of hydrogen-bond acceptors (Lipinski definition) is 5. The summed E-state index contributed by atoms with van der Waals surface area (Å²) in [6, 6.07) is 9.31. The Kier molecular flexibility index (Phi) is 5.32. The SMILES string of the molecule is C=Cc1csc(C(=O)OC)c1NC(=O)OCc1ccccc1. The van der Waals surface area contributed by atoms with Crippen molar-refractivity contribution in [3.8, 4) is 0 Å². The number of benzene rings is 1. The largest absolute Gasteiger partial charge is 0.465 e. The Morgan fingerprint density at radius 1 is 1.32 bits per heavy atom. The molecule has 0 saturated carbocycles. The molecular formula is C16H15NO4S. The van der Waals surface area contributed by atoms with E-state index >= 15 is 0 Å². The lowest BCUT2D eigenvalue weighted by atomic mass is 10.2. The van der Waals surface area contributed by atoms with Crippen molar-refractivity contribution in [1.82, 2.24) is 0 Å². The van der Waals surface area contributed by atoms with Crippen molar-refractivity contribution in [2.24, 2.45) is 0 Å². The molecule has 0 fully saturated rings. The molecule has 2 aromatic rings. The Morgan fingerprint density at radius 3 is 2.68 bits per heavy atom. The zero-order chi connectivity index (χ0) is 15.9. The Morgan fingerprint density at radius 2 is 2.05 bits per heavy atom. The van der Waals surface area contributed by atoms with E-state index in [2.05, 4.69) is 11.9 Å². The van der Waals surface area contributed by atoms with Crippen molar-refractivity contribution < 1.29 is 19.1 Å². The average molecular weight is 317 g/mol. The second kappa shape index (κ2) is 7.42. The second-order valence-electron chi connectivity index (χ2n) is 4.28. The molecule has 1 heterocycles. The lowest BCUT2D eigenvalue weighted by Crippen LogP contribution is -2.16. The van der Waals surface area contributed by atoms with Crippen LogP contribution in [0.25, 0.3) is 6.08 Å². The molecule has 0 atom stereocenters. The van der Waals surface area contributed by atoms with E-state index in [1.807, 2.05) is 30.3 Å². The van der Waals surface area contributed by atoms with Crippen LogP contribution in [-0.4, -0.2) is 19.2 Å². The van der Waals surface area contributed by atoms with Crippen molar-refractivity contribution >= 4 is 35.2 Å². The van der Waals surface area contributed by atoms with E-state index in [1.54, 1.807) is 11.5 Å². The number of rotatable bonds is 5. The van der Waals surface area contributed by atoms with Gasteiger partial charge >= 0.3 is 12.1 Å². The van der Waals surface area contributed by atoms with Gasteiger partial charge in [0, 0.05) is 10.9 Å². The third-order valence-electron chi connectivity index (χ3n) is 2.85. The molecule has 0 unspecified atom stereocenters. The van der Waals surface area contributed by atoms with Gasteiger partial charge in [-0.25, -0.2) is 9.59 Å². The smallest absolute Gasteiger partial charge is 0.412 e. The molecule has 0 saturated heterocycles. The number of ether oxygens (including phenoxy) is 2. The van der Waals surface area contributed by atoms with E-state index in [9.17, 15) is 9.59 Å². The van der Waals surface area contributed by atoms with E-state index in [0.717, 1.165) is 5.56 Å². The summed E-state index contributed by atoms with van der Waals surface area (Å²) < 4.78 is 9.83. The maximum Gasteiger partial charge on any atom is 0.412 e. The topological polar surface area (TPSA) is 64.6 Å². The van der Waals surface area contributed by atoms with Gasteiger partial charge in [0.25, 0.3) is 0 Å². The number of thiophene rings is 1. The fourth-order valence-electron chi connectivity index (χ4n) is 1.75. The highest BCUT2D eigenvalue weighted by Gasteiger charge is 2.19. The van der Waals surface area contributed by atoms with Gasteiger partial charge in [0.15, 0.2) is 0 Å². The normalized spacial score (nSPS) is 9.86. The van der Waals surface area contributed by atoms with Crippen molar-refractivity contribution in [2.45, 2.75) is 6.61 Å². The van der Waals surface area contributed by atoms with Crippen LogP contribution >= 0.6 is 11.3 Å². The maximum atomic E-state index is 11.9. The molecule has 1 N–H and O–H groups in total. The zero-order valence-electron chi connectivity index (χ0n) is 12.0. The maximum absolute atomic E-state index is 11.9. The minimum absolute atomic E-state index is 0.147. The first-order valence-electron chi connectivity index (χ1n) is 6.45. The predicted molar refractivity (Wildman–Crippen MR) is 86.0 cm³/mol. The number of carbonyl (C=O) groups is 2. The summed E-state index contributed by atoms with van der Waals surface area (Å²) >= 11 is 1.17. The number of methoxy groups -OCH3 is 1. The highest BCUT2D eigenvalue weighted by Crippen LogP contribution is 2.30. The summed E-state index contributed by atoms with van der Waals surface area (Å²) in [4.78, 5) is 23.9. The molecule has 1 aromatic carbocycles. The molecule has 1 amide bonds. The van der Waals surface area contributed by atoms with Crippen LogP contribution in [0.4, 0.5) is 10.5 Å². The van der Waals surface area contributed by atoms with E-state index in [0.29, 0.717) is 16.1 Å². The van der Waals surface area contributed by atoms with Gasteiger partial charge in [-0.3, -0.25) is 5.32 Å². The van der Waals surface area contributed by atoms with Gasteiger partial charge in [-0.15, -0.1) is 11.3 Å². The molecule has 0 spiro atoms. The van der Waals surface area contributed by atoms with Gasteiger partial charge in [0.2, 0.25) is 0 Å². The van der Waals surface area contributed by atoms with Gasteiger partial charge in [0.1, 0.15) is 11.5 Å². The monoisotopic (exact) mass is 317 g/mol. The summed E-state index contributed by atoms with van der Waals surface area (Å²) in [7, 11) is 1.28. The number of amides is 1. The van der Waals surface area contributed by atoms with Crippen LogP contribution in [0.1, 0.15) is 20.8 Å². The first-order chi connectivity index (χ1) is 10.7. The van der Waals surface area contributed by atoms with Crippen molar-refractivity contribution in [3.05, 3.63) is 58.3 Å². The Hall–Kier alpha value is -2.60. The number of anilines is 1. The molecule has 0 bridgehead atoms. The molecule has 22 heavy (non-hydrogen) atoms. The molecule has 0 aliphatic heterocycles. The quantitative estimate of drug-likeness (QED) is 0.849. The highest BCUT2D eigenvalue weighted by atomic mass is 32.1. The lowest BCUT2D eigenvalue weighted by molar-refractivity contribution is 0.0607. The summed E-state index contributed by atoms with van der Waals surface area (Å²) in [6.07, 6.45) is 0.908. The molecule has 1 aromatic heterocycles. The molecule has 0 aliphatic rings. The van der Waals surface area contributed by atoms with Crippen LogP contribution < -0.4 is 5.32 Å². The standard InChI is InChI=1S/C16H15NO4S/c1-3-12-10-22-14(15(18)20-2)13(12)17-16(19)21-9-11-7-5-4-6-8-11/h3-8,10H,1,9H2,2H3,(H,17,19). The predicted octanol–water partition coefficient (Wildman–Crippen LogP) is 3.93. The molecule has 114 valence electrons. The highest BCUT2D eigenvalue weighted by molar-refractivity contribution is 7.13. The van der Waals surface area contributed by atoms with Gasteiger partial charge in [-0.2, -0.15) is 0 Å². The molecule has 0 radical (unpaired) electrons.